The van der Waals surface area contributed by atoms with Gasteiger partial charge >= 0.3 is 5.97 Å². The van der Waals surface area contributed by atoms with Crippen LogP contribution in [0.2, 0.25) is 0 Å². The number of carbonyl (C=O) groups is 3. The van der Waals surface area contributed by atoms with Gasteiger partial charge in [-0.1, -0.05) is 13.8 Å². The average Bonchev–Trinajstić information content (AvgIpc) is 2.94. The molecule has 6 rings (SSSR count). The molecule has 5 aliphatic heterocycles. The van der Waals surface area contributed by atoms with Crippen LogP contribution in [-0.2, 0) is 43.2 Å². The minimum Gasteiger partial charge on any atom is -0.352 e. The van der Waals surface area contributed by atoms with Gasteiger partial charge in [0.25, 0.3) is 11.8 Å². The van der Waals surface area contributed by atoms with Crippen LogP contribution in [-0.4, -0.2) is 53.4 Å². The molecule has 0 aromatic heterocycles. The molecule has 6 aliphatic rings. The molecular weight excluding hydrogens is 434 g/mol. The second kappa shape index (κ2) is 8.57. The van der Waals surface area contributed by atoms with Gasteiger partial charge in [0.05, 0.1) is 13.0 Å². The van der Waals surface area contributed by atoms with Gasteiger partial charge in [-0.2, -0.15) is 0 Å². The standard InChI is InChI=1S/C23H33NO9/c1-13-6-7-16-14(2)20(28-12-4-5-19(27)31-24-17(25)8-9-18(24)26)29-21-23(16)15(13)10-11-22(3,30-21)32-33-23/h13-16,20-21H,4-12H2,1-3H3/t13-,14-,15+,16+,20+,21-,22-,23-/m1/s1. The summed E-state index contributed by atoms with van der Waals surface area (Å²) in [6.45, 7) is 6.53. The van der Waals surface area contributed by atoms with Gasteiger partial charge in [-0.15, -0.1) is 5.06 Å². The zero-order valence-electron chi connectivity index (χ0n) is 19.4. The van der Waals surface area contributed by atoms with Gasteiger partial charge in [0.2, 0.25) is 5.79 Å². The minimum atomic E-state index is -0.836. The molecule has 5 saturated heterocycles. The number of imide groups is 1. The predicted octanol–water partition coefficient (Wildman–Crippen LogP) is 2.60. The Bertz CT molecular complexity index is 804. The Balaban J connectivity index is 1.19. The molecule has 0 aromatic rings. The van der Waals surface area contributed by atoms with Crippen molar-refractivity contribution in [3.63, 3.8) is 0 Å². The lowest BCUT2D eigenvalue weighted by molar-refractivity contribution is -0.577. The highest BCUT2D eigenvalue weighted by Gasteiger charge is 2.69. The summed E-state index contributed by atoms with van der Waals surface area (Å²) in [4.78, 5) is 52.0. The third-order valence-electron chi connectivity index (χ3n) is 8.10. The van der Waals surface area contributed by atoms with E-state index in [9.17, 15) is 14.4 Å². The van der Waals surface area contributed by atoms with Gasteiger partial charge in [0.1, 0.15) is 0 Å². The van der Waals surface area contributed by atoms with Crippen molar-refractivity contribution in [2.75, 3.05) is 6.61 Å². The summed E-state index contributed by atoms with van der Waals surface area (Å²) < 4.78 is 18.7. The summed E-state index contributed by atoms with van der Waals surface area (Å²) in [7, 11) is 0. The first-order valence-electron chi connectivity index (χ1n) is 12.1. The summed E-state index contributed by atoms with van der Waals surface area (Å²) in [5, 5.41) is 0.566. The molecule has 1 saturated carbocycles. The monoisotopic (exact) mass is 467 g/mol. The van der Waals surface area contributed by atoms with Crippen LogP contribution in [0.25, 0.3) is 0 Å². The number of hydrogen-bond donors (Lipinski definition) is 0. The highest BCUT2D eigenvalue weighted by Crippen LogP contribution is 2.60. The fraction of sp³-hybridized carbons (Fsp3) is 0.870. The lowest BCUT2D eigenvalue weighted by Gasteiger charge is -2.60. The van der Waals surface area contributed by atoms with Crippen molar-refractivity contribution in [3.8, 4) is 0 Å². The van der Waals surface area contributed by atoms with E-state index in [0.717, 1.165) is 25.7 Å². The van der Waals surface area contributed by atoms with E-state index in [1.54, 1.807) is 0 Å². The summed E-state index contributed by atoms with van der Waals surface area (Å²) in [5.74, 6) is -1.44. The number of hydrogen-bond acceptors (Lipinski definition) is 9. The first-order chi connectivity index (χ1) is 15.7. The van der Waals surface area contributed by atoms with Crippen molar-refractivity contribution in [1.29, 1.82) is 0 Å². The molecule has 2 amide bonds. The van der Waals surface area contributed by atoms with Gasteiger partial charge in [0.15, 0.2) is 18.2 Å². The number of ether oxygens (including phenoxy) is 3. The Kier molecular flexibility index (Phi) is 6.01. The molecular formula is C23H33NO9. The van der Waals surface area contributed by atoms with E-state index < -0.39 is 41.8 Å². The predicted molar refractivity (Wildman–Crippen MR) is 109 cm³/mol. The fourth-order valence-corrected chi connectivity index (χ4v) is 6.28. The Morgan fingerprint density at radius 2 is 1.85 bits per heavy atom. The van der Waals surface area contributed by atoms with E-state index >= 15 is 0 Å². The van der Waals surface area contributed by atoms with Crippen molar-refractivity contribution < 1.29 is 43.2 Å². The Morgan fingerprint density at radius 1 is 1.09 bits per heavy atom. The second-order valence-electron chi connectivity index (χ2n) is 10.3. The molecule has 8 atom stereocenters. The molecule has 33 heavy (non-hydrogen) atoms. The first-order valence-corrected chi connectivity index (χ1v) is 12.1. The maximum atomic E-state index is 12.0. The van der Waals surface area contributed by atoms with Gasteiger partial charge in [-0.05, 0) is 44.4 Å². The number of carbonyl (C=O) groups excluding carboxylic acids is 3. The average molecular weight is 468 g/mol. The Morgan fingerprint density at radius 3 is 2.61 bits per heavy atom. The molecule has 184 valence electrons. The SMILES string of the molecule is C[C@H]1[C@@H](OCCCC(=O)ON2C(=O)CCC2=O)O[C@@H]2O[C@@]3(C)CC[C@H]4[C@H](C)CC[C@@H]1[C@@]24OO3. The van der Waals surface area contributed by atoms with Crippen LogP contribution < -0.4 is 0 Å². The van der Waals surface area contributed by atoms with Crippen molar-refractivity contribution >= 4 is 17.8 Å². The molecule has 1 aliphatic carbocycles. The fourth-order valence-electron chi connectivity index (χ4n) is 6.28. The van der Waals surface area contributed by atoms with Crippen molar-refractivity contribution in [2.45, 2.75) is 96.1 Å². The van der Waals surface area contributed by atoms with E-state index in [1.165, 1.54) is 0 Å². The highest BCUT2D eigenvalue weighted by molar-refractivity contribution is 6.01. The molecule has 10 heteroatoms. The topological polar surface area (TPSA) is 110 Å². The van der Waals surface area contributed by atoms with Crippen LogP contribution in [0, 0.1) is 23.7 Å². The zero-order valence-corrected chi connectivity index (χ0v) is 19.4. The molecule has 1 spiro atoms. The van der Waals surface area contributed by atoms with Gasteiger partial charge in [-0.3, -0.25) is 9.59 Å². The first kappa shape index (κ1) is 23.2. The number of hydroxylamine groups is 2. The summed E-state index contributed by atoms with van der Waals surface area (Å²) in [5.41, 5.74) is -0.633. The molecule has 10 nitrogen and oxygen atoms in total. The van der Waals surface area contributed by atoms with E-state index in [2.05, 4.69) is 13.8 Å². The lowest BCUT2D eigenvalue weighted by atomic mass is 9.58. The van der Waals surface area contributed by atoms with E-state index in [4.69, 9.17) is 28.8 Å². The van der Waals surface area contributed by atoms with Crippen LogP contribution in [0.5, 0.6) is 0 Å². The Hall–Kier alpha value is -1.59. The highest BCUT2D eigenvalue weighted by atomic mass is 17.3. The van der Waals surface area contributed by atoms with Gasteiger partial charge in [-0.25, -0.2) is 14.6 Å². The third kappa shape index (κ3) is 3.89. The summed E-state index contributed by atoms with van der Waals surface area (Å²) >= 11 is 0. The largest absolute Gasteiger partial charge is 0.352 e. The molecule has 0 radical (unpaired) electrons. The van der Waals surface area contributed by atoms with Crippen molar-refractivity contribution in [2.24, 2.45) is 23.7 Å². The molecule has 2 bridgehead atoms. The maximum absolute atomic E-state index is 12.0. The molecule has 5 heterocycles. The summed E-state index contributed by atoms with van der Waals surface area (Å²) in [6, 6.07) is 0. The number of nitrogens with zero attached hydrogens (tertiary/aromatic N) is 1. The van der Waals surface area contributed by atoms with Crippen LogP contribution in [0.1, 0.15) is 72.1 Å². The quantitative estimate of drug-likeness (QED) is 0.331. The zero-order chi connectivity index (χ0) is 23.4. The maximum Gasteiger partial charge on any atom is 0.333 e. The smallest absolute Gasteiger partial charge is 0.333 e. The molecule has 0 N–H and O–H groups in total. The van der Waals surface area contributed by atoms with Gasteiger partial charge < -0.3 is 19.0 Å². The van der Waals surface area contributed by atoms with E-state index in [1.807, 2.05) is 6.92 Å². The number of amides is 2. The molecule has 0 aromatic carbocycles. The molecule has 6 fully saturated rings. The number of fused-ring (bicyclic) bond motifs is 2. The van der Waals surface area contributed by atoms with Gasteiger partial charge in [0, 0.05) is 31.1 Å². The van der Waals surface area contributed by atoms with Crippen LogP contribution in [0.15, 0.2) is 0 Å². The Labute approximate surface area is 193 Å². The van der Waals surface area contributed by atoms with Crippen molar-refractivity contribution in [3.05, 3.63) is 0 Å². The van der Waals surface area contributed by atoms with Crippen LogP contribution >= 0.6 is 0 Å². The van der Waals surface area contributed by atoms with Crippen molar-refractivity contribution in [1.82, 2.24) is 5.06 Å². The lowest BCUT2D eigenvalue weighted by Crippen LogP contribution is -2.70. The van der Waals surface area contributed by atoms with E-state index in [-0.39, 0.29) is 37.7 Å². The third-order valence-corrected chi connectivity index (χ3v) is 8.10. The van der Waals surface area contributed by atoms with Crippen LogP contribution in [0.4, 0.5) is 0 Å². The van der Waals surface area contributed by atoms with E-state index in [0.29, 0.717) is 23.3 Å². The second-order valence-corrected chi connectivity index (χ2v) is 10.3. The summed E-state index contributed by atoms with van der Waals surface area (Å²) in [6.07, 6.45) is 3.29. The minimum absolute atomic E-state index is 0.0278. The molecule has 0 unspecified atom stereocenters. The number of rotatable bonds is 6. The normalized spacial score (nSPS) is 44.5. The van der Waals surface area contributed by atoms with Crippen LogP contribution in [0.3, 0.4) is 0 Å².